The van der Waals surface area contributed by atoms with Crippen LogP contribution in [0.15, 0.2) is 0 Å². The molecule has 0 spiro atoms. The number of hydrogen-bond donors (Lipinski definition) is 2. The fraction of sp³-hybridized carbons (Fsp3) is 0.900. The van der Waals surface area contributed by atoms with Crippen LogP contribution < -0.4 is 10.6 Å². The molecular formula is C10H18N2O2S. The predicted octanol–water partition coefficient (Wildman–Crippen LogP) is -0.0134. The van der Waals surface area contributed by atoms with Crippen LogP contribution in [0.5, 0.6) is 0 Å². The highest BCUT2D eigenvalue weighted by atomic mass is 32.2. The standard InChI is InChI=1S/C10H18N2O2S/c13-10(7-14-8-4-11-5-8)12-6-9-2-1-3-15-9/h8-9,11H,1-7H2,(H,12,13). The molecule has 0 aromatic heterocycles. The highest BCUT2D eigenvalue weighted by Crippen LogP contribution is 2.25. The number of hydrogen-bond acceptors (Lipinski definition) is 4. The fourth-order valence-corrected chi connectivity index (χ4v) is 2.86. The minimum atomic E-state index is 0.0226. The van der Waals surface area contributed by atoms with Gasteiger partial charge in [0.1, 0.15) is 6.61 Å². The van der Waals surface area contributed by atoms with Crippen molar-refractivity contribution in [2.24, 2.45) is 0 Å². The van der Waals surface area contributed by atoms with Crippen LogP contribution >= 0.6 is 11.8 Å². The summed E-state index contributed by atoms with van der Waals surface area (Å²) in [7, 11) is 0. The van der Waals surface area contributed by atoms with Crippen LogP contribution in [0.25, 0.3) is 0 Å². The van der Waals surface area contributed by atoms with Crippen molar-refractivity contribution in [3.8, 4) is 0 Å². The zero-order valence-electron chi connectivity index (χ0n) is 8.83. The van der Waals surface area contributed by atoms with Gasteiger partial charge in [-0.15, -0.1) is 0 Å². The van der Waals surface area contributed by atoms with Crippen LogP contribution in [0.3, 0.4) is 0 Å². The van der Waals surface area contributed by atoms with Crippen LogP contribution in [0.4, 0.5) is 0 Å². The highest BCUT2D eigenvalue weighted by Gasteiger charge is 2.19. The Bertz CT molecular complexity index is 215. The Morgan fingerprint density at radius 2 is 2.40 bits per heavy atom. The van der Waals surface area contributed by atoms with E-state index in [1.165, 1.54) is 18.6 Å². The minimum absolute atomic E-state index is 0.0226. The quantitative estimate of drug-likeness (QED) is 0.697. The van der Waals surface area contributed by atoms with Crippen molar-refractivity contribution in [2.45, 2.75) is 24.2 Å². The van der Waals surface area contributed by atoms with E-state index in [9.17, 15) is 4.79 Å². The van der Waals surface area contributed by atoms with E-state index in [0.717, 1.165) is 19.6 Å². The monoisotopic (exact) mass is 230 g/mol. The van der Waals surface area contributed by atoms with Crippen molar-refractivity contribution < 1.29 is 9.53 Å². The lowest BCUT2D eigenvalue weighted by Gasteiger charge is -2.26. The Balaban J connectivity index is 1.51. The summed E-state index contributed by atoms with van der Waals surface area (Å²) in [6, 6.07) is 0. The van der Waals surface area contributed by atoms with Crippen molar-refractivity contribution in [1.82, 2.24) is 10.6 Å². The van der Waals surface area contributed by atoms with Gasteiger partial charge in [0, 0.05) is 24.9 Å². The van der Waals surface area contributed by atoms with Gasteiger partial charge in [-0.1, -0.05) is 0 Å². The van der Waals surface area contributed by atoms with Crippen molar-refractivity contribution >= 4 is 17.7 Å². The number of amides is 1. The smallest absolute Gasteiger partial charge is 0.246 e. The maximum atomic E-state index is 11.4. The van der Waals surface area contributed by atoms with Gasteiger partial charge < -0.3 is 15.4 Å². The first kappa shape index (κ1) is 11.2. The average Bonchev–Trinajstić information content (AvgIpc) is 2.64. The highest BCUT2D eigenvalue weighted by molar-refractivity contribution is 8.00. The molecule has 0 bridgehead atoms. The summed E-state index contributed by atoms with van der Waals surface area (Å²) in [6.45, 7) is 2.77. The molecule has 2 rings (SSSR count). The molecule has 0 aliphatic carbocycles. The SMILES string of the molecule is O=C(COC1CNC1)NCC1CCCS1. The topological polar surface area (TPSA) is 50.4 Å². The van der Waals surface area contributed by atoms with E-state index in [1.807, 2.05) is 11.8 Å². The zero-order chi connectivity index (χ0) is 10.5. The molecule has 1 unspecified atom stereocenters. The molecule has 1 atom stereocenters. The zero-order valence-corrected chi connectivity index (χ0v) is 9.65. The largest absolute Gasteiger partial charge is 0.366 e. The number of carbonyl (C=O) groups excluding carboxylic acids is 1. The minimum Gasteiger partial charge on any atom is -0.366 e. The number of thioether (sulfide) groups is 1. The average molecular weight is 230 g/mol. The summed E-state index contributed by atoms with van der Waals surface area (Å²) in [5.74, 6) is 1.26. The number of nitrogens with one attached hydrogen (secondary N) is 2. The molecule has 2 saturated heterocycles. The molecule has 2 fully saturated rings. The van der Waals surface area contributed by atoms with Crippen LogP contribution in [0.1, 0.15) is 12.8 Å². The molecule has 0 radical (unpaired) electrons. The summed E-state index contributed by atoms with van der Waals surface area (Å²) in [6.07, 6.45) is 2.77. The Morgan fingerprint density at radius 1 is 1.53 bits per heavy atom. The molecule has 5 heteroatoms. The van der Waals surface area contributed by atoms with Gasteiger partial charge in [0.25, 0.3) is 0 Å². The van der Waals surface area contributed by atoms with Gasteiger partial charge in [0.05, 0.1) is 6.10 Å². The lowest BCUT2D eigenvalue weighted by Crippen LogP contribution is -2.49. The molecule has 2 N–H and O–H groups in total. The number of ether oxygens (including phenoxy) is 1. The van der Waals surface area contributed by atoms with E-state index >= 15 is 0 Å². The molecule has 2 aliphatic heterocycles. The summed E-state index contributed by atoms with van der Waals surface area (Å²) >= 11 is 1.96. The van der Waals surface area contributed by atoms with Gasteiger partial charge in [-0.05, 0) is 18.6 Å². The molecule has 0 aromatic carbocycles. The first-order valence-electron chi connectivity index (χ1n) is 5.55. The second-order valence-corrected chi connectivity index (χ2v) is 5.44. The molecule has 2 heterocycles. The first-order valence-corrected chi connectivity index (χ1v) is 6.60. The summed E-state index contributed by atoms with van der Waals surface area (Å²) in [5.41, 5.74) is 0. The third kappa shape index (κ3) is 3.66. The molecule has 0 saturated carbocycles. The van der Waals surface area contributed by atoms with Gasteiger partial charge >= 0.3 is 0 Å². The van der Waals surface area contributed by atoms with Gasteiger partial charge in [-0.3, -0.25) is 4.79 Å². The summed E-state index contributed by atoms with van der Waals surface area (Å²) in [5, 5.41) is 6.65. The van der Waals surface area contributed by atoms with Crippen molar-refractivity contribution in [3.05, 3.63) is 0 Å². The molecular weight excluding hydrogens is 212 g/mol. The molecule has 2 aliphatic rings. The number of rotatable bonds is 5. The van der Waals surface area contributed by atoms with Crippen LogP contribution in [-0.2, 0) is 9.53 Å². The molecule has 1 amide bonds. The lowest BCUT2D eigenvalue weighted by atomic mass is 10.2. The normalized spacial score (nSPS) is 26.3. The van der Waals surface area contributed by atoms with Crippen molar-refractivity contribution in [3.63, 3.8) is 0 Å². The Labute approximate surface area is 94.5 Å². The molecule has 0 aromatic rings. The molecule has 15 heavy (non-hydrogen) atoms. The second-order valence-electron chi connectivity index (χ2n) is 4.03. The Morgan fingerprint density at radius 3 is 3.00 bits per heavy atom. The second kappa shape index (κ2) is 5.72. The van der Waals surface area contributed by atoms with Crippen LogP contribution in [0.2, 0.25) is 0 Å². The third-order valence-electron chi connectivity index (χ3n) is 2.75. The summed E-state index contributed by atoms with van der Waals surface area (Å²) < 4.78 is 5.37. The summed E-state index contributed by atoms with van der Waals surface area (Å²) in [4.78, 5) is 11.4. The van der Waals surface area contributed by atoms with E-state index in [-0.39, 0.29) is 18.6 Å². The maximum Gasteiger partial charge on any atom is 0.246 e. The van der Waals surface area contributed by atoms with E-state index in [0.29, 0.717) is 5.25 Å². The van der Waals surface area contributed by atoms with Crippen molar-refractivity contribution in [1.29, 1.82) is 0 Å². The van der Waals surface area contributed by atoms with Gasteiger partial charge in [-0.25, -0.2) is 0 Å². The maximum absolute atomic E-state index is 11.4. The lowest BCUT2D eigenvalue weighted by molar-refractivity contribution is -0.128. The Kier molecular flexibility index (Phi) is 4.29. The predicted molar refractivity (Wildman–Crippen MR) is 61.1 cm³/mol. The van der Waals surface area contributed by atoms with Gasteiger partial charge in [0.2, 0.25) is 5.91 Å². The van der Waals surface area contributed by atoms with E-state index in [4.69, 9.17) is 4.74 Å². The fourth-order valence-electron chi connectivity index (χ4n) is 1.66. The van der Waals surface area contributed by atoms with E-state index in [2.05, 4.69) is 10.6 Å². The number of carbonyl (C=O) groups is 1. The van der Waals surface area contributed by atoms with Gasteiger partial charge in [0.15, 0.2) is 0 Å². The molecule has 4 nitrogen and oxygen atoms in total. The first-order chi connectivity index (χ1) is 7.34. The Hall–Kier alpha value is -0.260. The third-order valence-corrected chi connectivity index (χ3v) is 4.14. The van der Waals surface area contributed by atoms with Gasteiger partial charge in [-0.2, -0.15) is 11.8 Å². The van der Waals surface area contributed by atoms with Crippen LogP contribution in [-0.4, -0.2) is 49.3 Å². The molecule has 86 valence electrons. The van der Waals surface area contributed by atoms with E-state index in [1.54, 1.807) is 0 Å². The van der Waals surface area contributed by atoms with Crippen LogP contribution in [0, 0.1) is 0 Å². The van der Waals surface area contributed by atoms with Crippen molar-refractivity contribution in [2.75, 3.05) is 32.0 Å². The van der Waals surface area contributed by atoms with E-state index < -0.39 is 0 Å².